The third kappa shape index (κ3) is 3.51. The number of rotatable bonds is 4. The van der Waals surface area contributed by atoms with Crippen molar-refractivity contribution in [1.82, 2.24) is 0 Å². The van der Waals surface area contributed by atoms with Crippen LogP contribution in [-0.2, 0) is 20.2 Å². The Labute approximate surface area is 169 Å². The summed E-state index contributed by atoms with van der Waals surface area (Å²) in [6.07, 6.45) is 0. The molecule has 0 unspecified atom stereocenters. The van der Waals surface area contributed by atoms with Gasteiger partial charge in [-0.3, -0.25) is 18.7 Å². The molecular weight excluding hydrogens is 448 g/mol. The van der Waals surface area contributed by atoms with Crippen molar-refractivity contribution in [3.05, 3.63) is 35.4 Å². The lowest BCUT2D eigenvalue weighted by molar-refractivity contribution is 0.0974. The van der Waals surface area contributed by atoms with Crippen molar-refractivity contribution >= 4 is 55.3 Å². The Kier molecular flexibility index (Phi) is 5.23. The SMILES string of the molecule is CC(=O)c1c2c(c(S(=O)(=O)O)c(S(=O)(=O)O)c1C(C)=O)Sc1ccccc1S2. The molecule has 2 N–H and O–H groups in total. The molecule has 3 rings (SSSR count). The van der Waals surface area contributed by atoms with Gasteiger partial charge in [-0.1, -0.05) is 35.7 Å². The predicted octanol–water partition coefficient (Wildman–Crippen LogP) is 3.20. The molecule has 0 aliphatic carbocycles. The Hall–Kier alpha value is -1.70. The highest BCUT2D eigenvalue weighted by Gasteiger charge is 2.40. The summed E-state index contributed by atoms with van der Waals surface area (Å²) >= 11 is 1.79. The second-order valence-corrected chi connectivity index (χ2v) is 10.6. The highest BCUT2D eigenvalue weighted by molar-refractivity contribution is 8.05. The predicted molar refractivity (Wildman–Crippen MR) is 101 cm³/mol. The van der Waals surface area contributed by atoms with Crippen LogP contribution >= 0.6 is 23.5 Å². The molecule has 0 amide bonds. The maximum Gasteiger partial charge on any atom is 0.297 e. The van der Waals surface area contributed by atoms with E-state index in [2.05, 4.69) is 0 Å². The van der Waals surface area contributed by atoms with Gasteiger partial charge < -0.3 is 0 Å². The monoisotopic (exact) mass is 460 g/mol. The lowest BCUT2D eigenvalue weighted by Crippen LogP contribution is -2.20. The molecule has 0 spiro atoms. The molecule has 0 atom stereocenters. The van der Waals surface area contributed by atoms with Gasteiger partial charge in [0.15, 0.2) is 11.6 Å². The van der Waals surface area contributed by atoms with Crippen molar-refractivity contribution in [2.24, 2.45) is 0 Å². The van der Waals surface area contributed by atoms with E-state index in [0.717, 1.165) is 37.4 Å². The lowest BCUT2D eigenvalue weighted by Gasteiger charge is -2.25. The van der Waals surface area contributed by atoms with Crippen molar-refractivity contribution in [3.8, 4) is 0 Å². The first-order chi connectivity index (χ1) is 12.8. The standard InChI is InChI=1S/C16H12O8S4/c1-7(17)11-12(8(2)18)15(27(19,20)21)16(28(22,23)24)14-13(11)25-9-5-3-4-6-10(9)26-14/h3-6H,1-2H3,(H,19,20,21)(H,22,23,24). The van der Waals surface area contributed by atoms with E-state index in [0.29, 0.717) is 9.79 Å². The van der Waals surface area contributed by atoms with Crippen LogP contribution in [0.2, 0.25) is 0 Å². The largest absolute Gasteiger partial charge is 0.297 e. The number of Topliss-reactive ketones (excluding diaryl/α,β-unsaturated/α-hetero) is 2. The minimum absolute atomic E-state index is 0.0291. The van der Waals surface area contributed by atoms with Gasteiger partial charge in [-0.15, -0.1) is 0 Å². The molecule has 2 aromatic carbocycles. The number of ketones is 2. The van der Waals surface area contributed by atoms with Gasteiger partial charge in [0.1, 0.15) is 9.79 Å². The van der Waals surface area contributed by atoms with Gasteiger partial charge in [0.2, 0.25) is 0 Å². The van der Waals surface area contributed by atoms with Crippen molar-refractivity contribution in [3.63, 3.8) is 0 Å². The summed E-state index contributed by atoms with van der Waals surface area (Å²) in [5.74, 6) is -1.64. The summed E-state index contributed by atoms with van der Waals surface area (Å²) < 4.78 is 67.7. The molecule has 0 fully saturated rings. The summed E-state index contributed by atoms with van der Waals surface area (Å²) in [5, 5.41) is 0. The van der Waals surface area contributed by atoms with Crippen LogP contribution in [0.25, 0.3) is 0 Å². The van der Waals surface area contributed by atoms with Gasteiger partial charge in [0.05, 0.1) is 5.56 Å². The van der Waals surface area contributed by atoms with Crippen molar-refractivity contribution in [2.45, 2.75) is 43.2 Å². The fraction of sp³-hybridized carbons (Fsp3) is 0.125. The van der Waals surface area contributed by atoms with Crippen LogP contribution in [0, 0.1) is 0 Å². The van der Waals surface area contributed by atoms with Crippen molar-refractivity contribution in [2.75, 3.05) is 0 Å². The van der Waals surface area contributed by atoms with Gasteiger partial charge in [0.25, 0.3) is 20.2 Å². The number of carbonyl (C=O) groups is 2. The van der Waals surface area contributed by atoms with Gasteiger partial charge in [-0.05, 0) is 26.0 Å². The van der Waals surface area contributed by atoms with Crippen LogP contribution in [0.1, 0.15) is 34.6 Å². The van der Waals surface area contributed by atoms with Crippen molar-refractivity contribution < 1.29 is 35.5 Å². The van der Waals surface area contributed by atoms with Gasteiger partial charge in [-0.2, -0.15) is 16.8 Å². The van der Waals surface area contributed by atoms with E-state index in [4.69, 9.17) is 0 Å². The summed E-state index contributed by atoms with van der Waals surface area (Å²) in [6, 6.07) is 6.73. The summed E-state index contributed by atoms with van der Waals surface area (Å²) in [6.45, 7) is 2.03. The molecule has 0 bridgehead atoms. The highest BCUT2D eigenvalue weighted by Crippen LogP contribution is 2.54. The van der Waals surface area contributed by atoms with Crippen LogP contribution < -0.4 is 0 Å². The summed E-state index contributed by atoms with van der Waals surface area (Å²) in [5.41, 5.74) is -1.09. The third-order valence-electron chi connectivity index (χ3n) is 3.82. The second kappa shape index (κ2) is 6.97. The first kappa shape index (κ1) is 21.0. The number of carbonyl (C=O) groups excluding carboxylic acids is 2. The molecular formula is C16H12O8S4. The van der Waals surface area contributed by atoms with E-state index in [1.54, 1.807) is 24.3 Å². The molecule has 12 heteroatoms. The fourth-order valence-electron chi connectivity index (χ4n) is 2.84. The summed E-state index contributed by atoms with van der Waals surface area (Å²) in [7, 11) is -10.5. The van der Waals surface area contributed by atoms with Crippen LogP contribution in [0.5, 0.6) is 0 Å². The van der Waals surface area contributed by atoms with Crippen LogP contribution in [-0.4, -0.2) is 37.5 Å². The highest BCUT2D eigenvalue weighted by atomic mass is 32.2. The first-order valence-electron chi connectivity index (χ1n) is 7.49. The van der Waals surface area contributed by atoms with E-state index in [-0.39, 0.29) is 15.4 Å². The van der Waals surface area contributed by atoms with E-state index in [1.807, 2.05) is 0 Å². The molecule has 1 heterocycles. The molecule has 0 radical (unpaired) electrons. The average Bonchev–Trinajstić information content (AvgIpc) is 2.55. The lowest BCUT2D eigenvalue weighted by atomic mass is 10.0. The smallest absolute Gasteiger partial charge is 0.294 e. The maximum absolute atomic E-state index is 12.3. The fourth-order valence-corrected chi connectivity index (χ4v) is 8.06. The Bertz CT molecular complexity index is 1260. The summed E-state index contributed by atoms with van der Waals surface area (Å²) in [4.78, 5) is 23.1. The van der Waals surface area contributed by atoms with E-state index < -0.39 is 47.2 Å². The number of fused-ring (bicyclic) bond motifs is 2. The Morgan fingerprint density at radius 2 is 1.18 bits per heavy atom. The maximum atomic E-state index is 12.3. The normalized spacial score (nSPS) is 13.6. The topological polar surface area (TPSA) is 143 Å². The van der Waals surface area contributed by atoms with E-state index in [9.17, 15) is 35.5 Å². The zero-order valence-corrected chi connectivity index (χ0v) is 17.6. The number of hydrogen-bond donors (Lipinski definition) is 2. The van der Waals surface area contributed by atoms with Crippen LogP contribution in [0.4, 0.5) is 0 Å². The molecule has 0 saturated carbocycles. The van der Waals surface area contributed by atoms with Crippen LogP contribution in [0.15, 0.2) is 53.6 Å². The molecule has 0 saturated heterocycles. The molecule has 2 aromatic rings. The van der Waals surface area contributed by atoms with E-state index in [1.165, 1.54) is 0 Å². The zero-order valence-electron chi connectivity index (χ0n) is 14.3. The average molecular weight is 461 g/mol. The van der Waals surface area contributed by atoms with Crippen LogP contribution in [0.3, 0.4) is 0 Å². The van der Waals surface area contributed by atoms with Gasteiger partial charge in [-0.25, -0.2) is 0 Å². The quantitative estimate of drug-likeness (QED) is 0.440. The van der Waals surface area contributed by atoms with Gasteiger partial charge in [0, 0.05) is 25.1 Å². The first-order valence-corrected chi connectivity index (χ1v) is 12.0. The Morgan fingerprint density at radius 1 is 0.750 bits per heavy atom. The van der Waals surface area contributed by atoms with Gasteiger partial charge >= 0.3 is 0 Å². The third-order valence-corrected chi connectivity index (χ3v) is 8.56. The molecule has 0 aromatic heterocycles. The molecule has 1 aliphatic rings. The minimum Gasteiger partial charge on any atom is -0.294 e. The van der Waals surface area contributed by atoms with Crippen molar-refractivity contribution in [1.29, 1.82) is 0 Å². The minimum atomic E-state index is -5.29. The molecule has 148 valence electrons. The van der Waals surface area contributed by atoms with E-state index >= 15 is 0 Å². The Morgan fingerprint density at radius 3 is 1.57 bits per heavy atom. The second-order valence-electron chi connectivity index (χ2n) is 5.78. The molecule has 1 aliphatic heterocycles. The number of hydrogen-bond acceptors (Lipinski definition) is 8. The molecule has 8 nitrogen and oxygen atoms in total. The Balaban J connectivity index is 2.63. The molecule has 28 heavy (non-hydrogen) atoms. The number of benzene rings is 2. The zero-order chi connectivity index (χ0) is 21.0.